The second kappa shape index (κ2) is 6.07. The third-order valence-electron chi connectivity index (χ3n) is 3.45. The highest BCUT2D eigenvalue weighted by Crippen LogP contribution is 2.23. The first kappa shape index (κ1) is 14.6. The Bertz CT molecular complexity index is 613. The van der Waals surface area contributed by atoms with Crippen molar-refractivity contribution in [1.82, 2.24) is 9.88 Å². The molecule has 1 aromatic carbocycles. The summed E-state index contributed by atoms with van der Waals surface area (Å²) >= 11 is 0. The number of hydrogen-bond acceptors (Lipinski definition) is 3. The van der Waals surface area contributed by atoms with Crippen LogP contribution in [0.4, 0.5) is 0 Å². The van der Waals surface area contributed by atoms with Crippen molar-refractivity contribution in [3.8, 4) is 0 Å². The van der Waals surface area contributed by atoms with E-state index < -0.39 is 0 Å². The lowest BCUT2D eigenvalue weighted by Crippen LogP contribution is -2.36. The third-order valence-corrected chi connectivity index (χ3v) is 3.45. The van der Waals surface area contributed by atoms with E-state index in [0.29, 0.717) is 5.69 Å². The molecular formula is C15H20N2O3. The Kier molecular flexibility index (Phi) is 4.42. The van der Waals surface area contributed by atoms with Crippen molar-refractivity contribution >= 4 is 16.8 Å². The van der Waals surface area contributed by atoms with E-state index in [0.717, 1.165) is 22.0 Å². The van der Waals surface area contributed by atoms with Crippen LogP contribution >= 0.6 is 0 Å². The minimum absolute atomic E-state index is 0.121. The van der Waals surface area contributed by atoms with Gasteiger partial charge in [0.1, 0.15) is 5.69 Å². The predicted octanol–water partition coefficient (Wildman–Crippen LogP) is 1.21. The summed E-state index contributed by atoms with van der Waals surface area (Å²) < 4.78 is 0. The quantitative estimate of drug-likeness (QED) is 0.768. The van der Waals surface area contributed by atoms with Crippen molar-refractivity contribution in [2.24, 2.45) is 0 Å². The molecule has 0 spiro atoms. The van der Waals surface area contributed by atoms with Crippen LogP contribution in [0.3, 0.4) is 0 Å². The number of nitrogens with zero attached hydrogens (tertiary/aromatic N) is 1. The molecule has 20 heavy (non-hydrogen) atoms. The zero-order chi connectivity index (χ0) is 14.7. The molecule has 2 rings (SSSR count). The van der Waals surface area contributed by atoms with Crippen molar-refractivity contribution in [3.63, 3.8) is 0 Å². The van der Waals surface area contributed by atoms with Gasteiger partial charge in [0.2, 0.25) is 0 Å². The Morgan fingerprint density at radius 3 is 2.45 bits per heavy atom. The summed E-state index contributed by atoms with van der Waals surface area (Å²) in [5.74, 6) is -0.195. The van der Waals surface area contributed by atoms with E-state index in [4.69, 9.17) is 10.2 Å². The van der Waals surface area contributed by atoms with Gasteiger partial charge < -0.3 is 20.1 Å². The van der Waals surface area contributed by atoms with Crippen LogP contribution in [0.25, 0.3) is 10.9 Å². The molecule has 1 amide bonds. The number of benzene rings is 1. The standard InChI is InChI=1S/C15H20N2O3/c1-10-3-4-13-12(9-10)11(2)14(16-13)15(20)17(5-7-18)6-8-19/h3-4,9,16,18-19H,5-8H2,1-2H3. The van der Waals surface area contributed by atoms with Gasteiger partial charge >= 0.3 is 0 Å². The molecule has 0 aliphatic heterocycles. The molecular weight excluding hydrogens is 256 g/mol. The number of H-pyrrole nitrogens is 1. The number of carbonyl (C=O) groups is 1. The van der Waals surface area contributed by atoms with Crippen molar-refractivity contribution in [3.05, 3.63) is 35.0 Å². The topological polar surface area (TPSA) is 76.6 Å². The number of rotatable bonds is 5. The minimum Gasteiger partial charge on any atom is -0.395 e. The van der Waals surface area contributed by atoms with Gasteiger partial charge in [-0.05, 0) is 31.5 Å². The number of carbonyl (C=O) groups excluding carboxylic acids is 1. The largest absolute Gasteiger partial charge is 0.395 e. The van der Waals surface area contributed by atoms with Crippen molar-refractivity contribution in [1.29, 1.82) is 0 Å². The molecule has 0 aliphatic rings. The van der Waals surface area contributed by atoms with E-state index in [2.05, 4.69) is 4.98 Å². The monoisotopic (exact) mass is 276 g/mol. The molecule has 0 saturated carbocycles. The van der Waals surface area contributed by atoms with Gasteiger partial charge in [-0.1, -0.05) is 11.6 Å². The van der Waals surface area contributed by atoms with Crippen LogP contribution < -0.4 is 0 Å². The SMILES string of the molecule is Cc1ccc2[nH]c(C(=O)N(CCO)CCO)c(C)c2c1. The molecule has 5 heteroatoms. The molecule has 5 nitrogen and oxygen atoms in total. The van der Waals surface area contributed by atoms with Gasteiger partial charge in [0.05, 0.1) is 13.2 Å². The highest BCUT2D eigenvalue weighted by atomic mass is 16.3. The van der Waals surface area contributed by atoms with Crippen LogP contribution in [0.15, 0.2) is 18.2 Å². The first-order valence-electron chi connectivity index (χ1n) is 6.68. The maximum Gasteiger partial charge on any atom is 0.270 e. The molecule has 0 bridgehead atoms. The van der Waals surface area contributed by atoms with E-state index in [1.165, 1.54) is 4.90 Å². The predicted molar refractivity (Wildman–Crippen MR) is 77.8 cm³/mol. The summed E-state index contributed by atoms with van der Waals surface area (Å²) in [7, 11) is 0. The Morgan fingerprint density at radius 2 is 1.85 bits per heavy atom. The Balaban J connectivity index is 2.40. The number of nitrogens with one attached hydrogen (secondary N) is 1. The molecule has 0 radical (unpaired) electrons. The second-order valence-corrected chi connectivity index (χ2v) is 4.91. The lowest BCUT2D eigenvalue weighted by molar-refractivity contribution is 0.0679. The second-order valence-electron chi connectivity index (χ2n) is 4.91. The average molecular weight is 276 g/mol. The number of fused-ring (bicyclic) bond motifs is 1. The molecule has 3 N–H and O–H groups in total. The van der Waals surface area contributed by atoms with Crippen molar-refractivity contribution in [2.75, 3.05) is 26.3 Å². The number of hydrogen-bond donors (Lipinski definition) is 3. The van der Waals surface area contributed by atoms with Gasteiger partial charge in [0.25, 0.3) is 5.91 Å². The van der Waals surface area contributed by atoms with Gasteiger partial charge in [0, 0.05) is 24.0 Å². The molecule has 0 aliphatic carbocycles. The molecule has 1 aromatic heterocycles. The van der Waals surface area contributed by atoms with Crippen LogP contribution in [0.5, 0.6) is 0 Å². The third kappa shape index (κ3) is 2.69. The van der Waals surface area contributed by atoms with Crippen molar-refractivity contribution < 1.29 is 15.0 Å². The van der Waals surface area contributed by atoms with Crippen molar-refractivity contribution in [2.45, 2.75) is 13.8 Å². The van der Waals surface area contributed by atoms with Gasteiger partial charge in [-0.3, -0.25) is 4.79 Å². The van der Waals surface area contributed by atoms with Crippen LogP contribution in [0.2, 0.25) is 0 Å². The van der Waals surface area contributed by atoms with Crippen LogP contribution in [0.1, 0.15) is 21.6 Å². The Labute approximate surface area is 117 Å². The molecule has 0 saturated heterocycles. The number of aliphatic hydroxyl groups is 2. The number of aryl methyl sites for hydroxylation is 2. The number of aromatic amines is 1. The molecule has 2 aromatic rings. The summed E-state index contributed by atoms with van der Waals surface area (Å²) in [5, 5.41) is 19.1. The molecule has 0 unspecified atom stereocenters. The van der Waals surface area contributed by atoms with Gasteiger partial charge in [-0.15, -0.1) is 0 Å². The van der Waals surface area contributed by atoms with Crippen LogP contribution in [0, 0.1) is 13.8 Å². The van der Waals surface area contributed by atoms with Crippen LogP contribution in [-0.4, -0.2) is 52.3 Å². The molecule has 0 fully saturated rings. The molecule has 1 heterocycles. The Morgan fingerprint density at radius 1 is 1.20 bits per heavy atom. The molecule has 0 atom stereocenters. The van der Waals surface area contributed by atoms with E-state index in [9.17, 15) is 4.79 Å². The van der Waals surface area contributed by atoms with E-state index >= 15 is 0 Å². The summed E-state index contributed by atoms with van der Waals surface area (Å²) in [4.78, 5) is 17.1. The first-order chi connectivity index (χ1) is 9.58. The van der Waals surface area contributed by atoms with Crippen LogP contribution in [-0.2, 0) is 0 Å². The lowest BCUT2D eigenvalue weighted by atomic mass is 10.1. The summed E-state index contributed by atoms with van der Waals surface area (Å²) in [6, 6.07) is 5.99. The highest BCUT2D eigenvalue weighted by Gasteiger charge is 2.20. The van der Waals surface area contributed by atoms with E-state index in [1.54, 1.807) is 0 Å². The molecule has 108 valence electrons. The lowest BCUT2D eigenvalue weighted by Gasteiger charge is -2.20. The number of aliphatic hydroxyl groups excluding tert-OH is 2. The average Bonchev–Trinajstić information content (AvgIpc) is 2.75. The summed E-state index contributed by atoms with van der Waals surface area (Å²) in [5.41, 5.74) is 3.48. The van der Waals surface area contributed by atoms with Gasteiger partial charge in [-0.25, -0.2) is 0 Å². The summed E-state index contributed by atoms with van der Waals surface area (Å²) in [6.45, 7) is 4.10. The zero-order valence-electron chi connectivity index (χ0n) is 11.8. The fourth-order valence-corrected chi connectivity index (χ4v) is 2.37. The van der Waals surface area contributed by atoms with Gasteiger partial charge in [-0.2, -0.15) is 0 Å². The Hall–Kier alpha value is -1.85. The number of aromatic nitrogens is 1. The zero-order valence-corrected chi connectivity index (χ0v) is 11.8. The first-order valence-corrected chi connectivity index (χ1v) is 6.68. The smallest absolute Gasteiger partial charge is 0.270 e. The highest BCUT2D eigenvalue weighted by molar-refractivity contribution is 6.01. The van der Waals surface area contributed by atoms with E-state index in [1.807, 2.05) is 32.0 Å². The fourth-order valence-electron chi connectivity index (χ4n) is 2.37. The maximum atomic E-state index is 12.5. The minimum atomic E-state index is -0.195. The van der Waals surface area contributed by atoms with Gasteiger partial charge in [0.15, 0.2) is 0 Å². The van der Waals surface area contributed by atoms with E-state index in [-0.39, 0.29) is 32.2 Å². The normalized spacial score (nSPS) is 11.0. The number of amides is 1. The maximum absolute atomic E-state index is 12.5. The fraction of sp³-hybridized carbons (Fsp3) is 0.400. The summed E-state index contributed by atoms with van der Waals surface area (Å²) in [6.07, 6.45) is 0.